The molecule has 0 aliphatic rings. The van der Waals surface area contributed by atoms with Crippen LogP contribution in [0.5, 0.6) is 0 Å². The van der Waals surface area contributed by atoms with Gasteiger partial charge >= 0.3 is 0 Å². The second-order valence-corrected chi connectivity index (χ2v) is 16.2. The van der Waals surface area contributed by atoms with E-state index in [1.54, 1.807) is 0 Å². The standard InChI is InChI=1S/C57H42N2O2/c1-57(2,41-16-6-3-7-17-41)42-28-26-39(27-29-42)40-34-47(58(43-18-8-4-9-19-43)45-30-32-51-49-22-12-14-24-53(49)60-55(51)37-45)36-48(35-40)59(44-20-10-5-11-21-44)46-31-33-52-50-23-13-15-25-54(50)61-56(52)38-46/h3-38H,1-2H3. The van der Waals surface area contributed by atoms with Crippen molar-refractivity contribution >= 4 is 78.0 Å². The third-order valence-electron chi connectivity index (χ3n) is 12.1. The van der Waals surface area contributed by atoms with E-state index in [-0.39, 0.29) is 5.41 Å². The molecule has 4 nitrogen and oxygen atoms in total. The number of para-hydroxylation sites is 4. The Morgan fingerprint density at radius 3 is 1.20 bits per heavy atom. The Labute approximate surface area is 355 Å². The Hall–Kier alpha value is -7.82. The van der Waals surface area contributed by atoms with Gasteiger partial charge in [-0.25, -0.2) is 0 Å². The first kappa shape index (κ1) is 36.3. The second kappa shape index (κ2) is 14.8. The number of rotatable bonds is 9. The van der Waals surface area contributed by atoms with Gasteiger partial charge in [0.05, 0.1) is 0 Å². The van der Waals surface area contributed by atoms with Gasteiger partial charge in [0.15, 0.2) is 0 Å². The highest BCUT2D eigenvalue weighted by atomic mass is 16.3. The number of benzene rings is 9. The molecule has 0 bridgehead atoms. The molecule has 9 aromatic carbocycles. The van der Waals surface area contributed by atoms with Crippen molar-refractivity contribution in [3.8, 4) is 11.1 Å². The summed E-state index contributed by atoms with van der Waals surface area (Å²) in [5.41, 5.74) is 14.1. The summed E-state index contributed by atoms with van der Waals surface area (Å²) in [5, 5.41) is 4.41. The van der Waals surface area contributed by atoms with Gasteiger partial charge in [0, 0.05) is 73.2 Å². The highest BCUT2D eigenvalue weighted by Gasteiger charge is 2.24. The van der Waals surface area contributed by atoms with Crippen LogP contribution in [0.3, 0.4) is 0 Å². The van der Waals surface area contributed by atoms with E-state index >= 15 is 0 Å². The van der Waals surface area contributed by atoms with Crippen molar-refractivity contribution in [1.29, 1.82) is 0 Å². The van der Waals surface area contributed by atoms with Crippen LogP contribution in [0.15, 0.2) is 227 Å². The summed E-state index contributed by atoms with van der Waals surface area (Å²) in [6, 6.07) is 77.5. The molecule has 292 valence electrons. The quantitative estimate of drug-likeness (QED) is 0.146. The third kappa shape index (κ3) is 6.50. The summed E-state index contributed by atoms with van der Waals surface area (Å²) in [5.74, 6) is 0. The Bertz CT molecular complexity index is 3150. The first-order valence-corrected chi connectivity index (χ1v) is 20.8. The van der Waals surface area contributed by atoms with Gasteiger partial charge in [-0.15, -0.1) is 0 Å². The van der Waals surface area contributed by atoms with Crippen LogP contribution in [0.2, 0.25) is 0 Å². The monoisotopic (exact) mass is 786 g/mol. The molecule has 2 heterocycles. The maximum absolute atomic E-state index is 6.47. The van der Waals surface area contributed by atoms with Crippen LogP contribution < -0.4 is 9.80 Å². The highest BCUT2D eigenvalue weighted by molar-refractivity contribution is 6.07. The molecule has 0 aliphatic heterocycles. The van der Waals surface area contributed by atoms with Gasteiger partial charge in [-0.2, -0.15) is 0 Å². The molecule has 0 unspecified atom stereocenters. The molecule has 0 atom stereocenters. The predicted molar refractivity (Wildman–Crippen MR) is 254 cm³/mol. The van der Waals surface area contributed by atoms with E-state index in [2.05, 4.69) is 218 Å². The third-order valence-corrected chi connectivity index (χ3v) is 12.1. The smallest absolute Gasteiger partial charge is 0.137 e. The van der Waals surface area contributed by atoms with Crippen molar-refractivity contribution in [3.63, 3.8) is 0 Å². The van der Waals surface area contributed by atoms with Gasteiger partial charge in [-0.1, -0.05) is 141 Å². The van der Waals surface area contributed by atoms with Crippen LogP contribution in [0.25, 0.3) is 55.0 Å². The Morgan fingerprint density at radius 2 is 0.705 bits per heavy atom. The lowest BCUT2D eigenvalue weighted by Crippen LogP contribution is -2.18. The summed E-state index contributed by atoms with van der Waals surface area (Å²) in [7, 11) is 0. The average Bonchev–Trinajstić information content (AvgIpc) is 3.88. The molecule has 0 saturated heterocycles. The molecular formula is C57H42N2O2. The number of anilines is 6. The number of fused-ring (bicyclic) bond motifs is 6. The molecule has 11 rings (SSSR count). The normalized spacial score (nSPS) is 11.8. The summed E-state index contributed by atoms with van der Waals surface area (Å²) in [4.78, 5) is 4.66. The zero-order valence-electron chi connectivity index (χ0n) is 34.0. The Balaban J connectivity index is 1.13. The second-order valence-electron chi connectivity index (χ2n) is 16.2. The zero-order chi connectivity index (χ0) is 40.9. The summed E-state index contributed by atoms with van der Waals surface area (Å²) in [6.07, 6.45) is 0. The van der Waals surface area contributed by atoms with E-state index in [9.17, 15) is 0 Å². The highest BCUT2D eigenvalue weighted by Crippen LogP contribution is 2.45. The number of hydrogen-bond acceptors (Lipinski definition) is 4. The lowest BCUT2D eigenvalue weighted by Gasteiger charge is -2.30. The molecule has 11 aromatic rings. The largest absolute Gasteiger partial charge is 0.456 e. The van der Waals surface area contributed by atoms with E-state index in [1.807, 2.05) is 24.3 Å². The lowest BCUT2D eigenvalue weighted by atomic mass is 9.78. The van der Waals surface area contributed by atoms with Gasteiger partial charge in [0.1, 0.15) is 22.3 Å². The van der Waals surface area contributed by atoms with E-state index in [0.29, 0.717) is 0 Å². The molecule has 2 aromatic heterocycles. The molecular weight excluding hydrogens is 745 g/mol. The van der Waals surface area contributed by atoms with Crippen molar-refractivity contribution in [1.82, 2.24) is 0 Å². The van der Waals surface area contributed by atoms with Gasteiger partial charge in [0.25, 0.3) is 0 Å². The number of hydrogen-bond donors (Lipinski definition) is 0. The fourth-order valence-corrected chi connectivity index (χ4v) is 8.88. The topological polar surface area (TPSA) is 32.8 Å². The van der Waals surface area contributed by atoms with E-state index in [1.165, 1.54) is 11.1 Å². The van der Waals surface area contributed by atoms with Crippen molar-refractivity contribution in [3.05, 3.63) is 230 Å². The van der Waals surface area contributed by atoms with Crippen LogP contribution in [0.4, 0.5) is 34.1 Å². The van der Waals surface area contributed by atoms with Crippen LogP contribution in [0.1, 0.15) is 25.0 Å². The molecule has 0 saturated carbocycles. The molecule has 0 N–H and O–H groups in total. The maximum Gasteiger partial charge on any atom is 0.137 e. The first-order valence-electron chi connectivity index (χ1n) is 20.8. The molecule has 0 fully saturated rings. The van der Waals surface area contributed by atoms with Crippen molar-refractivity contribution in [2.75, 3.05) is 9.80 Å². The van der Waals surface area contributed by atoms with Crippen LogP contribution >= 0.6 is 0 Å². The minimum Gasteiger partial charge on any atom is -0.456 e. The zero-order valence-corrected chi connectivity index (χ0v) is 34.0. The Kier molecular flexibility index (Phi) is 8.79. The Morgan fingerprint density at radius 1 is 0.295 bits per heavy atom. The summed E-state index contributed by atoms with van der Waals surface area (Å²) in [6.45, 7) is 4.59. The predicted octanol–water partition coefficient (Wildman–Crippen LogP) is 16.4. The first-order chi connectivity index (χ1) is 30.0. The minimum atomic E-state index is -0.161. The van der Waals surface area contributed by atoms with Crippen LogP contribution in [-0.2, 0) is 5.41 Å². The van der Waals surface area contributed by atoms with Gasteiger partial charge in [-0.3, -0.25) is 0 Å². The number of furan rings is 2. The SMILES string of the molecule is CC(C)(c1ccccc1)c1ccc(-c2cc(N(c3ccccc3)c3ccc4c(c3)oc3ccccc34)cc(N(c3ccccc3)c3ccc4c(c3)oc3ccccc34)c2)cc1. The van der Waals surface area contributed by atoms with Gasteiger partial charge in [0.2, 0.25) is 0 Å². The fourth-order valence-electron chi connectivity index (χ4n) is 8.88. The molecule has 61 heavy (non-hydrogen) atoms. The molecule has 4 heteroatoms. The fraction of sp³-hybridized carbons (Fsp3) is 0.0526. The molecule has 0 spiro atoms. The van der Waals surface area contributed by atoms with E-state index in [4.69, 9.17) is 8.83 Å². The molecule has 0 amide bonds. The van der Waals surface area contributed by atoms with Crippen molar-refractivity contribution in [2.45, 2.75) is 19.3 Å². The summed E-state index contributed by atoms with van der Waals surface area (Å²) < 4.78 is 12.9. The maximum atomic E-state index is 6.47. The van der Waals surface area contributed by atoms with Gasteiger partial charge < -0.3 is 18.6 Å². The lowest BCUT2D eigenvalue weighted by molar-refractivity contribution is 0.641. The summed E-state index contributed by atoms with van der Waals surface area (Å²) >= 11 is 0. The molecule has 0 radical (unpaired) electrons. The minimum absolute atomic E-state index is 0.161. The van der Waals surface area contributed by atoms with Crippen molar-refractivity contribution in [2.24, 2.45) is 0 Å². The van der Waals surface area contributed by atoms with Crippen LogP contribution in [-0.4, -0.2) is 0 Å². The van der Waals surface area contributed by atoms with Gasteiger partial charge in [-0.05, 0) is 101 Å². The average molecular weight is 787 g/mol. The van der Waals surface area contributed by atoms with Crippen LogP contribution in [0, 0.1) is 0 Å². The van der Waals surface area contributed by atoms with E-state index < -0.39 is 0 Å². The van der Waals surface area contributed by atoms with Crippen molar-refractivity contribution < 1.29 is 8.83 Å². The van der Waals surface area contributed by atoms with E-state index in [0.717, 1.165) is 89.1 Å². The molecule has 0 aliphatic carbocycles. The number of nitrogens with zero attached hydrogens (tertiary/aromatic N) is 2.